The number of carbonyl (C=O) groups excluding carboxylic acids is 1. The van der Waals surface area contributed by atoms with Gasteiger partial charge in [-0.25, -0.2) is 9.37 Å². The Morgan fingerprint density at radius 2 is 2.12 bits per heavy atom. The molecule has 1 heterocycles. The van der Waals surface area contributed by atoms with Gasteiger partial charge in [0.2, 0.25) is 0 Å². The number of hydrogen-bond donors (Lipinski definition) is 1. The molecule has 0 saturated heterocycles. The van der Waals surface area contributed by atoms with E-state index in [-0.39, 0.29) is 11.5 Å². The summed E-state index contributed by atoms with van der Waals surface area (Å²) >= 11 is 0. The molecule has 0 spiro atoms. The van der Waals surface area contributed by atoms with Gasteiger partial charge in [-0.2, -0.15) is 0 Å². The van der Waals surface area contributed by atoms with Gasteiger partial charge < -0.3 is 5.32 Å². The van der Waals surface area contributed by atoms with Crippen molar-refractivity contribution in [2.45, 2.75) is 6.92 Å². The fraction of sp³-hybridized carbons (Fsp3) is 0.0769. The average molecular weight is 230 g/mol. The van der Waals surface area contributed by atoms with E-state index in [2.05, 4.69) is 10.3 Å². The lowest BCUT2D eigenvalue weighted by atomic mass is 10.2. The SMILES string of the molecule is Cc1ccc(NC(=O)c2cccc(F)c2)nc1. The first-order valence-corrected chi connectivity index (χ1v) is 5.15. The molecule has 17 heavy (non-hydrogen) atoms. The summed E-state index contributed by atoms with van der Waals surface area (Å²) in [7, 11) is 0. The van der Waals surface area contributed by atoms with E-state index < -0.39 is 5.82 Å². The summed E-state index contributed by atoms with van der Waals surface area (Å²) in [6.45, 7) is 1.91. The largest absolute Gasteiger partial charge is 0.307 e. The molecule has 1 aromatic heterocycles. The molecule has 0 aliphatic heterocycles. The monoisotopic (exact) mass is 230 g/mol. The average Bonchev–Trinajstić information content (AvgIpc) is 2.32. The number of benzene rings is 1. The zero-order valence-corrected chi connectivity index (χ0v) is 9.27. The number of amides is 1. The van der Waals surface area contributed by atoms with E-state index in [9.17, 15) is 9.18 Å². The van der Waals surface area contributed by atoms with Gasteiger partial charge >= 0.3 is 0 Å². The normalized spacial score (nSPS) is 10.0. The van der Waals surface area contributed by atoms with Gasteiger partial charge in [0.15, 0.2) is 0 Å². The molecule has 86 valence electrons. The summed E-state index contributed by atoms with van der Waals surface area (Å²) in [5.74, 6) is -0.361. The number of nitrogens with zero attached hydrogens (tertiary/aromatic N) is 1. The van der Waals surface area contributed by atoms with Gasteiger partial charge in [0.05, 0.1) is 0 Å². The molecular formula is C13H11FN2O. The van der Waals surface area contributed by atoms with Gasteiger partial charge in [0.1, 0.15) is 11.6 Å². The molecule has 0 unspecified atom stereocenters. The van der Waals surface area contributed by atoms with E-state index in [0.717, 1.165) is 5.56 Å². The second-order valence-electron chi connectivity index (χ2n) is 3.69. The Balaban J connectivity index is 2.14. The van der Waals surface area contributed by atoms with Crippen LogP contribution >= 0.6 is 0 Å². The van der Waals surface area contributed by atoms with Crippen LogP contribution in [0.3, 0.4) is 0 Å². The van der Waals surface area contributed by atoms with Gasteiger partial charge in [-0.15, -0.1) is 0 Å². The van der Waals surface area contributed by atoms with Crippen molar-refractivity contribution in [3.05, 3.63) is 59.5 Å². The fourth-order valence-electron chi connectivity index (χ4n) is 1.36. The highest BCUT2D eigenvalue weighted by Crippen LogP contribution is 2.08. The number of aromatic nitrogens is 1. The van der Waals surface area contributed by atoms with Crippen molar-refractivity contribution in [1.29, 1.82) is 0 Å². The van der Waals surface area contributed by atoms with Crippen LogP contribution in [0.2, 0.25) is 0 Å². The quantitative estimate of drug-likeness (QED) is 0.861. The van der Waals surface area contributed by atoms with E-state index in [1.165, 1.54) is 18.2 Å². The Labute approximate surface area is 98.3 Å². The van der Waals surface area contributed by atoms with Crippen molar-refractivity contribution in [3.63, 3.8) is 0 Å². The third-order valence-electron chi connectivity index (χ3n) is 2.24. The molecule has 2 rings (SSSR count). The summed E-state index contributed by atoms with van der Waals surface area (Å²) in [6, 6.07) is 9.06. The van der Waals surface area contributed by atoms with Gasteiger partial charge in [-0.1, -0.05) is 12.1 Å². The Morgan fingerprint density at radius 1 is 1.29 bits per heavy atom. The summed E-state index contributed by atoms with van der Waals surface area (Å²) in [5, 5.41) is 2.60. The van der Waals surface area contributed by atoms with Crippen molar-refractivity contribution in [2.75, 3.05) is 5.32 Å². The molecule has 1 amide bonds. The van der Waals surface area contributed by atoms with E-state index in [4.69, 9.17) is 0 Å². The highest BCUT2D eigenvalue weighted by atomic mass is 19.1. The number of rotatable bonds is 2. The Kier molecular flexibility index (Phi) is 3.14. The maximum absolute atomic E-state index is 12.9. The first kappa shape index (κ1) is 11.3. The molecule has 0 fully saturated rings. The Bertz CT molecular complexity index is 537. The van der Waals surface area contributed by atoms with Crippen molar-refractivity contribution in [2.24, 2.45) is 0 Å². The molecular weight excluding hydrogens is 219 g/mol. The minimum Gasteiger partial charge on any atom is -0.307 e. The molecule has 4 heteroatoms. The predicted octanol–water partition coefficient (Wildman–Crippen LogP) is 2.78. The summed E-state index contributed by atoms with van der Waals surface area (Å²) in [4.78, 5) is 15.8. The van der Waals surface area contributed by atoms with E-state index in [1.54, 1.807) is 18.3 Å². The Hall–Kier alpha value is -2.23. The number of halogens is 1. The van der Waals surface area contributed by atoms with Crippen molar-refractivity contribution in [1.82, 2.24) is 4.98 Å². The molecule has 0 saturated carbocycles. The van der Waals surface area contributed by atoms with Gasteiger partial charge in [-0.3, -0.25) is 4.79 Å². The van der Waals surface area contributed by atoms with Crippen LogP contribution in [0.5, 0.6) is 0 Å². The number of pyridine rings is 1. The lowest BCUT2D eigenvalue weighted by Crippen LogP contribution is -2.12. The second-order valence-corrected chi connectivity index (χ2v) is 3.69. The number of aryl methyl sites for hydroxylation is 1. The molecule has 2 aromatic rings. The van der Waals surface area contributed by atoms with Crippen LogP contribution in [0.1, 0.15) is 15.9 Å². The maximum Gasteiger partial charge on any atom is 0.256 e. The van der Waals surface area contributed by atoms with Crippen molar-refractivity contribution >= 4 is 11.7 Å². The van der Waals surface area contributed by atoms with Crippen molar-refractivity contribution in [3.8, 4) is 0 Å². The fourth-order valence-corrected chi connectivity index (χ4v) is 1.36. The van der Waals surface area contributed by atoms with Crippen LogP contribution < -0.4 is 5.32 Å². The first-order valence-electron chi connectivity index (χ1n) is 5.15. The minimum atomic E-state index is -0.436. The molecule has 0 radical (unpaired) electrons. The lowest BCUT2D eigenvalue weighted by Gasteiger charge is -2.04. The number of carbonyl (C=O) groups is 1. The highest BCUT2D eigenvalue weighted by molar-refractivity contribution is 6.03. The lowest BCUT2D eigenvalue weighted by molar-refractivity contribution is 0.102. The summed E-state index contributed by atoms with van der Waals surface area (Å²) < 4.78 is 12.9. The van der Waals surface area contributed by atoms with Crippen LogP contribution in [-0.4, -0.2) is 10.9 Å². The third kappa shape index (κ3) is 2.87. The van der Waals surface area contributed by atoms with Crippen LogP contribution in [0.25, 0.3) is 0 Å². The standard InChI is InChI=1S/C13H11FN2O/c1-9-5-6-12(15-8-9)16-13(17)10-3-2-4-11(14)7-10/h2-8H,1H3,(H,15,16,17). The summed E-state index contributed by atoms with van der Waals surface area (Å²) in [6.07, 6.45) is 1.65. The molecule has 0 aliphatic rings. The first-order chi connectivity index (χ1) is 8.15. The molecule has 3 nitrogen and oxygen atoms in total. The molecule has 1 N–H and O–H groups in total. The topological polar surface area (TPSA) is 42.0 Å². The van der Waals surface area contributed by atoms with Gasteiger partial charge in [0.25, 0.3) is 5.91 Å². The third-order valence-corrected chi connectivity index (χ3v) is 2.24. The maximum atomic E-state index is 12.9. The molecule has 0 aliphatic carbocycles. The van der Waals surface area contributed by atoms with E-state index in [1.807, 2.05) is 13.0 Å². The smallest absolute Gasteiger partial charge is 0.256 e. The van der Waals surface area contributed by atoms with Crippen LogP contribution in [0, 0.1) is 12.7 Å². The van der Waals surface area contributed by atoms with Crippen molar-refractivity contribution < 1.29 is 9.18 Å². The van der Waals surface area contributed by atoms with E-state index >= 15 is 0 Å². The zero-order chi connectivity index (χ0) is 12.3. The predicted molar refractivity (Wildman–Crippen MR) is 63.3 cm³/mol. The Morgan fingerprint density at radius 3 is 2.76 bits per heavy atom. The number of anilines is 1. The summed E-state index contributed by atoms with van der Waals surface area (Å²) in [5.41, 5.74) is 1.28. The van der Waals surface area contributed by atoms with Crippen LogP contribution in [0.15, 0.2) is 42.6 Å². The highest BCUT2D eigenvalue weighted by Gasteiger charge is 2.07. The van der Waals surface area contributed by atoms with Crippen LogP contribution in [-0.2, 0) is 0 Å². The molecule has 0 atom stereocenters. The second kappa shape index (κ2) is 4.74. The van der Waals surface area contributed by atoms with E-state index in [0.29, 0.717) is 5.82 Å². The molecule has 1 aromatic carbocycles. The van der Waals surface area contributed by atoms with Gasteiger partial charge in [0, 0.05) is 11.8 Å². The minimum absolute atomic E-state index is 0.271. The van der Waals surface area contributed by atoms with Crippen LogP contribution in [0.4, 0.5) is 10.2 Å². The number of hydrogen-bond acceptors (Lipinski definition) is 2. The van der Waals surface area contributed by atoms with Gasteiger partial charge in [-0.05, 0) is 36.8 Å². The zero-order valence-electron chi connectivity index (χ0n) is 9.27. The molecule has 0 bridgehead atoms. The number of nitrogens with one attached hydrogen (secondary N) is 1.